The molecule has 24 heavy (non-hydrogen) atoms. The Morgan fingerprint density at radius 2 is 1.58 bits per heavy atom. The average molecular weight is 329 g/mol. The molecule has 0 radical (unpaired) electrons. The molecule has 2 aromatic rings. The van der Waals surface area contributed by atoms with Crippen molar-refractivity contribution in [2.75, 3.05) is 11.9 Å². The predicted octanol–water partition coefficient (Wildman–Crippen LogP) is 2.88. The van der Waals surface area contributed by atoms with Gasteiger partial charge in [-0.1, -0.05) is 18.2 Å². The highest BCUT2D eigenvalue weighted by Crippen LogP contribution is 2.13. The van der Waals surface area contributed by atoms with E-state index in [-0.39, 0.29) is 24.8 Å². The van der Waals surface area contributed by atoms with Crippen LogP contribution in [0, 0.1) is 19.7 Å². The lowest BCUT2D eigenvalue weighted by molar-refractivity contribution is -0.115. The summed E-state index contributed by atoms with van der Waals surface area (Å²) in [4.78, 5) is 23.5. The van der Waals surface area contributed by atoms with Gasteiger partial charge in [0.1, 0.15) is 5.82 Å². The monoisotopic (exact) mass is 329 g/mol. The summed E-state index contributed by atoms with van der Waals surface area (Å²) in [5.41, 5.74) is 3.57. The van der Waals surface area contributed by atoms with E-state index in [1.165, 1.54) is 12.1 Å². The van der Waals surface area contributed by atoms with Gasteiger partial charge in [-0.2, -0.15) is 0 Å². The van der Waals surface area contributed by atoms with Gasteiger partial charge in [-0.3, -0.25) is 4.79 Å². The molecular weight excluding hydrogens is 309 g/mol. The van der Waals surface area contributed by atoms with E-state index in [1.54, 1.807) is 12.1 Å². The first kappa shape index (κ1) is 17.5. The fourth-order valence-corrected chi connectivity index (χ4v) is 2.26. The smallest absolute Gasteiger partial charge is 0.315 e. The van der Waals surface area contributed by atoms with Gasteiger partial charge in [0.2, 0.25) is 5.91 Å². The third-order valence-electron chi connectivity index (χ3n) is 3.28. The van der Waals surface area contributed by atoms with Crippen LogP contribution in [0.5, 0.6) is 0 Å². The lowest BCUT2D eigenvalue weighted by Gasteiger charge is -2.09. The number of rotatable bonds is 5. The molecule has 2 rings (SSSR count). The van der Waals surface area contributed by atoms with Crippen LogP contribution >= 0.6 is 0 Å². The van der Waals surface area contributed by atoms with Crippen LogP contribution in [-0.2, 0) is 11.3 Å². The number of hydrogen-bond acceptors (Lipinski definition) is 2. The second kappa shape index (κ2) is 8.10. The topological polar surface area (TPSA) is 70.2 Å². The molecule has 0 fully saturated rings. The fraction of sp³-hybridized carbons (Fsp3) is 0.222. The fourth-order valence-electron chi connectivity index (χ4n) is 2.26. The minimum absolute atomic E-state index is 0.137. The van der Waals surface area contributed by atoms with Gasteiger partial charge in [0.15, 0.2) is 0 Å². The largest absolute Gasteiger partial charge is 0.334 e. The maximum Gasteiger partial charge on any atom is 0.315 e. The number of hydrogen-bond donors (Lipinski definition) is 3. The van der Waals surface area contributed by atoms with Crippen LogP contribution in [0.15, 0.2) is 42.5 Å². The maximum absolute atomic E-state index is 12.8. The minimum atomic E-state index is -0.463. The van der Waals surface area contributed by atoms with Gasteiger partial charge in [-0.05, 0) is 54.8 Å². The third-order valence-corrected chi connectivity index (χ3v) is 3.28. The van der Waals surface area contributed by atoms with Gasteiger partial charge in [0.05, 0.1) is 6.54 Å². The summed E-state index contributed by atoms with van der Waals surface area (Å²) in [7, 11) is 0. The first-order valence-electron chi connectivity index (χ1n) is 7.56. The molecule has 2 aromatic carbocycles. The number of anilines is 1. The molecule has 0 saturated heterocycles. The standard InChI is InChI=1S/C18H20FN3O2/c1-12-7-13(2)9-16(8-12)22-17(23)11-21-18(24)20-10-14-3-5-15(19)6-4-14/h3-9H,10-11H2,1-2H3,(H,22,23)(H2,20,21,24). The SMILES string of the molecule is Cc1cc(C)cc(NC(=O)CNC(=O)NCc2ccc(F)cc2)c1. The van der Waals surface area contributed by atoms with Gasteiger partial charge in [-0.15, -0.1) is 0 Å². The molecule has 6 heteroatoms. The van der Waals surface area contributed by atoms with E-state index in [1.807, 2.05) is 32.0 Å². The van der Waals surface area contributed by atoms with Crippen molar-refractivity contribution in [2.24, 2.45) is 0 Å². The summed E-state index contributed by atoms with van der Waals surface area (Å²) < 4.78 is 12.8. The zero-order chi connectivity index (χ0) is 17.5. The number of nitrogens with one attached hydrogen (secondary N) is 3. The lowest BCUT2D eigenvalue weighted by Crippen LogP contribution is -2.39. The Kier molecular flexibility index (Phi) is 5.89. The van der Waals surface area contributed by atoms with Crippen molar-refractivity contribution in [2.45, 2.75) is 20.4 Å². The van der Waals surface area contributed by atoms with Crippen molar-refractivity contribution in [3.63, 3.8) is 0 Å². The van der Waals surface area contributed by atoms with Crippen LogP contribution in [0.25, 0.3) is 0 Å². The molecule has 0 bridgehead atoms. The zero-order valence-electron chi connectivity index (χ0n) is 13.7. The Hall–Kier alpha value is -2.89. The summed E-state index contributed by atoms with van der Waals surface area (Å²) >= 11 is 0. The highest BCUT2D eigenvalue weighted by atomic mass is 19.1. The Labute approximate surface area is 140 Å². The number of halogens is 1. The summed E-state index contributed by atoms with van der Waals surface area (Å²) in [6.45, 7) is 4.01. The molecule has 0 aliphatic carbocycles. The molecule has 3 amide bonds. The van der Waals surface area contributed by atoms with E-state index in [2.05, 4.69) is 16.0 Å². The van der Waals surface area contributed by atoms with Gasteiger partial charge in [-0.25, -0.2) is 9.18 Å². The van der Waals surface area contributed by atoms with Crippen molar-refractivity contribution < 1.29 is 14.0 Å². The summed E-state index contributed by atoms with van der Waals surface area (Å²) in [6.07, 6.45) is 0. The van der Waals surface area contributed by atoms with E-state index < -0.39 is 6.03 Å². The summed E-state index contributed by atoms with van der Waals surface area (Å²) in [5.74, 6) is -0.636. The Bertz CT molecular complexity index is 709. The number of aryl methyl sites for hydroxylation is 2. The van der Waals surface area contributed by atoms with E-state index in [9.17, 15) is 14.0 Å². The third kappa shape index (κ3) is 5.72. The lowest BCUT2D eigenvalue weighted by atomic mass is 10.1. The van der Waals surface area contributed by atoms with E-state index in [0.717, 1.165) is 16.7 Å². The molecule has 126 valence electrons. The molecule has 0 spiro atoms. The Morgan fingerprint density at radius 3 is 2.21 bits per heavy atom. The molecule has 3 N–H and O–H groups in total. The molecule has 0 heterocycles. The first-order chi connectivity index (χ1) is 11.4. The van der Waals surface area contributed by atoms with Crippen LogP contribution in [0.4, 0.5) is 14.9 Å². The molecule has 0 aliphatic rings. The van der Waals surface area contributed by atoms with E-state index in [4.69, 9.17) is 0 Å². The predicted molar refractivity (Wildman–Crippen MR) is 91.2 cm³/mol. The minimum Gasteiger partial charge on any atom is -0.334 e. The maximum atomic E-state index is 12.8. The molecule has 5 nitrogen and oxygen atoms in total. The van der Waals surface area contributed by atoms with Gasteiger partial charge < -0.3 is 16.0 Å². The molecule has 0 atom stereocenters. The highest BCUT2D eigenvalue weighted by molar-refractivity contribution is 5.94. The molecular formula is C18H20FN3O2. The van der Waals surface area contributed by atoms with Crippen LogP contribution < -0.4 is 16.0 Å². The summed E-state index contributed by atoms with van der Waals surface area (Å²) in [5, 5.41) is 7.82. The zero-order valence-corrected chi connectivity index (χ0v) is 13.7. The number of carbonyl (C=O) groups is 2. The van der Waals surface area contributed by atoms with Gasteiger partial charge in [0, 0.05) is 12.2 Å². The van der Waals surface area contributed by atoms with Gasteiger partial charge in [0.25, 0.3) is 0 Å². The van der Waals surface area contributed by atoms with Crippen LogP contribution in [0.3, 0.4) is 0 Å². The highest BCUT2D eigenvalue weighted by Gasteiger charge is 2.06. The molecule has 0 unspecified atom stereocenters. The average Bonchev–Trinajstić information content (AvgIpc) is 2.51. The Balaban J connectivity index is 1.74. The van der Waals surface area contributed by atoms with Crippen molar-refractivity contribution >= 4 is 17.6 Å². The first-order valence-corrected chi connectivity index (χ1v) is 7.56. The summed E-state index contributed by atoms with van der Waals surface area (Å²) in [6, 6.07) is 11.1. The van der Waals surface area contributed by atoms with E-state index >= 15 is 0 Å². The number of amides is 3. The van der Waals surface area contributed by atoms with Gasteiger partial charge >= 0.3 is 6.03 Å². The van der Waals surface area contributed by atoms with E-state index in [0.29, 0.717) is 5.69 Å². The van der Waals surface area contributed by atoms with Crippen LogP contribution in [0.2, 0.25) is 0 Å². The van der Waals surface area contributed by atoms with Crippen LogP contribution in [-0.4, -0.2) is 18.5 Å². The normalized spacial score (nSPS) is 10.1. The second-order valence-electron chi connectivity index (χ2n) is 5.59. The van der Waals surface area contributed by atoms with Crippen LogP contribution in [0.1, 0.15) is 16.7 Å². The Morgan fingerprint density at radius 1 is 0.958 bits per heavy atom. The van der Waals surface area contributed by atoms with Crippen molar-refractivity contribution in [1.82, 2.24) is 10.6 Å². The van der Waals surface area contributed by atoms with Crippen molar-refractivity contribution in [3.05, 3.63) is 65.0 Å². The molecule has 0 aromatic heterocycles. The number of benzene rings is 2. The molecule has 0 saturated carbocycles. The second-order valence-corrected chi connectivity index (χ2v) is 5.59. The quantitative estimate of drug-likeness (QED) is 0.789. The van der Waals surface area contributed by atoms with Crippen molar-refractivity contribution in [3.8, 4) is 0 Å². The number of urea groups is 1. The number of carbonyl (C=O) groups excluding carboxylic acids is 2. The van der Waals surface area contributed by atoms with Crippen molar-refractivity contribution in [1.29, 1.82) is 0 Å². The molecule has 0 aliphatic heterocycles.